The molecule has 0 fully saturated rings. The molecule has 144 heavy (non-hydrogen) atoms. The molecule has 29 rings (SSSR count). The van der Waals surface area contributed by atoms with Gasteiger partial charge >= 0.3 is 0 Å². The summed E-state index contributed by atoms with van der Waals surface area (Å²) >= 11 is 0. The lowest BCUT2D eigenvalue weighted by atomic mass is 9.98. The van der Waals surface area contributed by atoms with Crippen LogP contribution in [0.5, 0.6) is 0 Å². The first-order chi connectivity index (χ1) is 71.4. The Balaban J connectivity index is 0.000000141. The molecule has 0 spiro atoms. The van der Waals surface area contributed by atoms with Gasteiger partial charge in [0.2, 0.25) is 5.95 Å². The molecule has 0 unspecified atom stereocenters. The second-order valence-corrected chi connectivity index (χ2v) is 37.2. The number of fused-ring (bicyclic) bond motifs is 18. The third-order valence-electron chi connectivity index (χ3n) is 29.0. The van der Waals surface area contributed by atoms with Gasteiger partial charge < -0.3 is 22.8 Å². The predicted molar refractivity (Wildman–Crippen MR) is 599 cm³/mol. The van der Waals surface area contributed by atoms with E-state index in [-0.39, 0.29) is 0 Å². The van der Waals surface area contributed by atoms with Crippen LogP contribution in [0.2, 0.25) is 0 Å². The van der Waals surface area contributed by atoms with Gasteiger partial charge in [-0.25, -0.2) is 4.98 Å². The van der Waals surface area contributed by atoms with Gasteiger partial charge in [-0.15, -0.1) is 0 Å². The Bertz CT molecular complexity index is 10000. The van der Waals surface area contributed by atoms with Crippen molar-refractivity contribution in [1.82, 2.24) is 47.3 Å². The van der Waals surface area contributed by atoms with E-state index < -0.39 is 0 Å². The van der Waals surface area contributed by atoms with E-state index >= 15 is 0 Å². The maximum absolute atomic E-state index is 5.24. The minimum atomic E-state index is 0.564. The number of hydrogen-bond donors (Lipinski definition) is 0. The maximum atomic E-state index is 5.24. The Morgan fingerprint density at radius 3 is 0.639 bits per heavy atom. The van der Waals surface area contributed by atoms with Gasteiger partial charge in [0.1, 0.15) is 0 Å². The molecule has 0 aliphatic carbocycles. The van der Waals surface area contributed by atoms with Crippen LogP contribution in [0.3, 0.4) is 0 Å². The van der Waals surface area contributed by atoms with Crippen LogP contribution in [0.15, 0.2) is 522 Å². The van der Waals surface area contributed by atoms with Gasteiger partial charge in [-0.1, -0.05) is 322 Å². The van der Waals surface area contributed by atoms with Gasteiger partial charge in [-0.3, -0.25) is 9.55 Å². The lowest BCUT2D eigenvalue weighted by Crippen LogP contribution is -2.06. The summed E-state index contributed by atoms with van der Waals surface area (Å²) in [4.78, 5) is 20.1. The smallest absolute Gasteiger partial charge is 0.238 e. The first kappa shape index (κ1) is 82.8. The van der Waals surface area contributed by atoms with Crippen LogP contribution in [0.1, 0.15) is 0 Å². The molecule has 0 N–H and O–H groups in total. The third kappa shape index (κ3) is 14.1. The Morgan fingerprint density at radius 2 is 0.340 bits per heavy atom. The van der Waals surface area contributed by atoms with Crippen molar-refractivity contribution in [3.63, 3.8) is 0 Å². The monoisotopic (exact) mass is 1830 g/mol. The molecule has 29 aromatic rings. The van der Waals surface area contributed by atoms with Gasteiger partial charge in [0, 0.05) is 116 Å². The second-order valence-electron chi connectivity index (χ2n) is 37.2. The molecule has 0 saturated heterocycles. The Hall–Kier alpha value is -19.4. The summed E-state index contributed by atoms with van der Waals surface area (Å²) in [6.07, 6.45) is 1.85. The number of aromatic nitrogens is 10. The summed E-state index contributed by atoms with van der Waals surface area (Å²) in [5, 5.41) is 14.4. The average Bonchev–Trinajstić information content (AvgIpc) is 1.60. The van der Waals surface area contributed by atoms with E-state index in [1.807, 2.05) is 54.7 Å². The molecule has 0 aliphatic rings. The summed E-state index contributed by atoms with van der Waals surface area (Å²) in [5.41, 5.74) is 37.4. The van der Waals surface area contributed by atoms with E-state index in [1.165, 1.54) is 143 Å². The molecule has 0 radical (unpaired) electrons. The Morgan fingerprint density at radius 1 is 0.125 bits per heavy atom. The molecular formula is C134H86N10. The highest BCUT2D eigenvalue weighted by Gasteiger charge is 2.26. The standard InChI is InChI=1S/C69H44N6.C65H42N4/c1-6-18-45(19-7-1)49-30-35-62-56(40-49)57-42-51(32-36-63(57)74(62)54-34-39-64-60(44-54)55-28-16-17-29-61(55)73(64)53-26-14-5-15-27-53)52-33-38-66-59(43-52)58-41-50(46-20-8-2-9-21-46)31-37-65(58)75(66)69-71-67(47-22-10-3-11-23-47)70-68(72-69)48-24-12-4-13-25-48;1-4-14-43(15-5-1)46-25-32-61-54(38-46)56-40-48(27-34-62(56)68(61)51-29-23-45(24-30-51)59-21-12-13-37-66-59)49-28-35-64-57(41-49)55-39-47(44-16-6-2-7-17-44)26-33-63(55)69(64)52-31-36-65-58(42-52)53-20-10-11-22-60(53)67(65)50-18-8-3-9-19-50/h1-44H;1-42H. The largest absolute Gasteiger partial charge is 0.309 e. The Kier molecular flexibility index (Phi) is 19.7. The lowest BCUT2D eigenvalue weighted by Gasteiger charge is -2.11. The molecule has 8 aromatic heterocycles. The molecule has 10 nitrogen and oxygen atoms in total. The highest BCUT2D eigenvalue weighted by molar-refractivity contribution is 6.19. The van der Waals surface area contributed by atoms with E-state index in [2.05, 4.69) is 499 Å². The normalized spacial score (nSPS) is 11.8. The van der Waals surface area contributed by atoms with E-state index in [1.54, 1.807) is 0 Å². The van der Waals surface area contributed by atoms with Crippen LogP contribution < -0.4 is 0 Å². The molecule has 0 bridgehead atoms. The van der Waals surface area contributed by atoms with Crippen molar-refractivity contribution in [2.45, 2.75) is 0 Å². The third-order valence-corrected chi connectivity index (χ3v) is 29.0. The second kappa shape index (κ2) is 34.3. The average molecular weight is 1840 g/mol. The van der Waals surface area contributed by atoms with Crippen LogP contribution in [0.4, 0.5) is 0 Å². The zero-order chi connectivity index (χ0) is 94.8. The topological polar surface area (TPSA) is 81.1 Å². The van der Waals surface area contributed by atoms with Gasteiger partial charge in [-0.2, -0.15) is 9.97 Å². The molecule has 0 aliphatic heterocycles. The van der Waals surface area contributed by atoms with E-state index in [4.69, 9.17) is 15.0 Å². The zero-order valence-corrected chi connectivity index (χ0v) is 78.1. The van der Waals surface area contributed by atoms with E-state index in [0.29, 0.717) is 17.6 Å². The highest BCUT2D eigenvalue weighted by Crippen LogP contribution is 2.47. The predicted octanol–water partition coefficient (Wildman–Crippen LogP) is 34.5. The maximum Gasteiger partial charge on any atom is 0.238 e. The molecule has 8 heterocycles. The summed E-state index contributed by atoms with van der Waals surface area (Å²) in [7, 11) is 0. The van der Waals surface area contributed by atoms with Crippen LogP contribution in [0, 0.1) is 0 Å². The van der Waals surface area contributed by atoms with Crippen molar-refractivity contribution in [1.29, 1.82) is 0 Å². The molecule has 0 amide bonds. The van der Waals surface area contributed by atoms with Crippen molar-refractivity contribution in [3.8, 4) is 135 Å². The molecule has 10 heteroatoms. The van der Waals surface area contributed by atoms with Crippen molar-refractivity contribution in [2.75, 3.05) is 0 Å². The van der Waals surface area contributed by atoms with Crippen LogP contribution in [-0.2, 0) is 0 Å². The molecular weight excluding hydrogens is 1750 g/mol. The number of pyridine rings is 1. The van der Waals surface area contributed by atoms with Crippen molar-refractivity contribution >= 4 is 131 Å². The quantitative estimate of drug-likeness (QED) is 0.102. The zero-order valence-electron chi connectivity index (χ0n) is 78.1. The van der Waals surface area contributed by atoms with Crippen LogP contribution in [-0.4, -0.2) is 47.3 Å². The number of rotatable bonds is 15. The summed E-state index contributed by atoms with van der Waals surface area (Å²) in [5.74, 6) is 1.80. The molecule has 0 saturated carbocycles. The fraction of sp³-hybridized carbons (Fsp3) is 0. The summed E-state index contributed by atoms with van der Waals surface area (Å²) in [6, 6.07) is 186. The number of benzene rings is 21. The van der Waals surface area contributed by atoms with Gasteiger partial charge in [0.05, 0.1) is 71.9 Å². The Labute approximate surface area is 829 Å². The first-order valence-corrected chi connectivity index (χ1v) is 49.0. The van der Waals surface area contributed by atoms with Crippen molar-refractivity contribution in [3.05, 3.63) is 522 Å². The SMILES string of the molecule is c1ccc(-c2ccc3c(c2)c2cc(-c4ccc5c(c4)c4cc(-c6ccccc6)ccc4n5-c4ccc5c(c4)c4ccccc4n5-c4ccccc4)ccc2n3-c2ccc(-c3ccccn3)cc2)cc1.c1ccc(-c2ccc3c(c2)c2cc(-c4ccc5c(c4)c4cc(-c6ccccc6)ccc4n5-c4nc(-c5ccccc5)nc(-c5ccccc5)n4)ccc2n3-c2ccc3c(c2)c2ccccc2n3-c2ccccc2)cc1. The number of nitrogens with zero attached hydrogens (tertiary/aromatic N) is 10. The van der Waals surface area contributed by atoms with Crippen LogP contribution in [0.25, 0.3) is 266 Å². The fourth-order valence-corrected chi connectivity index (χ4v) is 22.2. The number of hydrogen-bond acceptors (Lipinski definition) is 4. The molecule has 672 valence electrons. The first-order valence-electron chi connectivity index (χ1n) is 49.0. The summed E-state index contributed by atoms with van der Waals surface area (Å²) < 4.78 is 14.3. The molecule has 0 atom stereocenters. The number of para-hydroxylation sites is 4. The highest BCUT2D eigenvalue weighted by atomic mass is 15.2. The van der Waals surface area contributed by atoms with Gasteiger partial charge in [0.15, 0.2) is 11.6 Å². The minimum absolute atomic E-state index is 0.564. The molecule has 21 aromatic carbocycles. The van der Waals surface area contributed by atoms with Gasteiger partial charge in [0.25, 0.3) is 0 Å². The van der Waals surface area contributed by atoms with Gasteiger partial charge in [-0.05, 0) is 261 Å². The van der Waals surface area contributed by atoms with Crippen molar-refractivity contribution in [2.24, 2.45) is 0 Å². The van der Waals surface area contributed by atoms with Crippen molar-refractivity contribution < 1.29 is 0 Å². The van der Waals surface area contributed by atoms with Crippen LogP contribution >= 0.6 is 0 Å². The minimum Gasteiger partial charge on any atom is -0.309 e. The fourth-order valence-electron chi connectivity index (χ4n) is 22.2. The van der Waals surface area contributed by atoms with E-state index in [9.17, 15) is 0 Å². The van der Waals surface area contributed by atoms with E-state index in [0.717, 1.165) is 106 Å². The lowest BCUT2D eigenvalue weighted by molar-refractivity contribution is 0.953. The summed E-state index contributed by atoms with van der Waals surface area (Å²) in [6.45, 7) is 0.